The van der Waals surface area contributed by atoms with Crippen LogP contribution in [-0.4, -0.2) is 11.2 Å². The Hall–Kier alpha value is -1.86. The van der Waals surface area contributed by atoms with Crippen LogP contribution in [0.25, 0.3) is 21.5 Å². The molecule has 0 saturated heterocycles. The summed E-state index contributed by atoms with van der Waals surface area (Å²) in [5.74, 6) is 0.308. The maximum absolute atomic E-state index is 10.3. The zero-order chi connectivity index (χ0) is 14.2. The summed E-state index contributed by atoms with van der Waals surface area (Å²) in [7, 11) is 0. The highest BCUT2D eigenvalue weighted by molar-refractivity contribution is 6.07. The van der Waals surface area contributed by atoms with E-state index in [-0.39, 0.29) is 6.10 Å². The lowest BCUT2D eigenvalue weighted by atomic mass is 9.81. The van der Waals surface area contributed by atoms with Crippen molar-refractivity contribution in [1.29, 1.82) is 0 Å². The van der Waals surface area contributed by atoms with Gasteiger partial charge in [-0.15, -0.1) is 0 Å². The van der Waals surface area contributed by atoms with Crippen LogP contribution in [0.2, 0.25) is 0 Å². The van der Waals surface area contributed by atoms with Gasteiger partial charge in [0.25, 0.3) is 0 Å². The lowest BCUT2D eigenvalue weighted by molar-refractivity contribution is 0.106. The highest BCUT2D eigenvalue weighted by atomic mass is 16.3. The standard InChI is InChI=1S/C20H20O/c21-20-8-4-3-7-18(20)16-12-11-15-10-9-14-5-1-2-6-17(14)19(15)13-16/h1-2,5-6,9-13,18,20-21H,3-4,7-8H2. The van der Waals surface area contributed by atoms with E-state index in [1.807, 2.05) is 0 Å². The van der Waals surface area contributed by atoms with Crippen LogP contribution < -0.4 is 0 Å². The van der Waals surface area contributed by atoms with E-state index in [2.05, 4.69) is 54.6 Å². The van der Waals surface area contributed by atoms with Gasteiger partial charge in [0, 0.05) is 5.92 Å². The molecule has 0 bridgehead atoms. The Kier molecular flexibility index (Phi) is 3.16. The first-order chi connectivity index (χ1) is 10.3. The van der Waals surface area contributed by atoms with Crippen molar-refractivity contribution in [2.45, 2.75) is 37.7 Å². The second kappa shape index (κ2) is 5.16. The van der Waals surface area contributed by atoms with Crippen molar-refractivity contribution in [3.8, 4) is 0 Å². The second-order valence-corrected chi connectivity index (χ2v) is 6.23. The molecule has 106 valence electrons. The van der Waals surface area contributed by atoms with Gasteiger partial charge in [0.15, 0.2) is 0 Å². The SMILES string of the molecule is OC1CCCCC1c1ccc2ccc3ccccc3c2c1. The molecule has 1 N–H and O–H groups in total. The Bertz CT molecular complexity index is 790. The van der Waals surface area contributed by atoms with Gasteiger partial charge in [0.2, 0.25) is 0 Å². The van der Waals surface area contributed by atoms with E-state index in [1.54, 1.807) is 0 Å². The number of hydrogen-bond acceptors (Lipinski definition) is 1. The van der Waals surface area contributed by atoms with Gasteiger partial charge in [-0.1, -0.05) is 67.4 Å². The molecule has 2 atom stereocenters. The van der Waals surface area contributed by atoms with Gasteiger partial charge in [-0.05, 0) is 39.9 Å². The molecule has 0 radical (unpaired) electrons. The molecule has 0 aliphatic heterocycles. The quantitative estimate of drug-likeness (QED) is 0.619. The molecule has 3 aromatic carbocycles. The van der Waals surface area contributed by atoms with Crippen LogP contribution in [-0.2, 0) is 0 Å². The molecule has 1 aliphatic carbocycles. The van der Waals surface area contributed by atoms with Crippen LogP contribution >= 0.6 is 0 Å². The molecule has 21 heavy (non-hydrogen) atoms. The van der Waals surface area contributed by atoms with Crippen molar-refractivity contribution in [3.05, 3.63) is 60.2 Å². The van der Waals surface area contributed by atoms with Crippen LogP contribution in [0.5, 0.6) is 0 Å². The van der Waals surface area contributed by atoms with E-state index >= 15 is 0 Å². The summed E-state index contributed by atoms with van der Waals surface area (Å²) in [5, 5.41) is 15.5. The van der Waals surface area contributed by atoms with E-state index in [9.17, 15) is 5.11 Å². The predicted molar refractivity (Wildman–Crippen MR) is 88.7 cm³/mol. The normalized spacial score (nSPS) is 22.7. The van der Waals surface area contributed by atoms with Gasteiger partial charge < -0.3 is 5.11 Å². The van der Waals surface area contributed by atoms with Crippen LogP contribution in [0.3, 0.4) is 0 Å². The van der Waals surface area contributed by atoms with Crippen molar-refractivity contribution in [2.24, 2.45) is 0 Å². The minimum atomic E-state index is -0.175. The fourth-order valence-electron chi connectivity index (χ4n) is 3.75. The van der Waals surface area contributed by atoms with Gasteiger partial charge in [0.05, 0.1) is 6.10 Å². The van der Waals surface area contributed by atoms with Crippen molar-refractivity contribution in [2.75, 3.05) is 0 Å². The summed E-state index contributed by atoms with van der Waals surface area (Å²) in [6.45, 7) is 0. The lowest BCUT2D eigenvalue weighted by Crippen LogP contribution is -2.22. The van der Waals surface area contributed by atoms with Gasteiger partial charge in [0.1, 0.15) is 0 Å². The Morgan fingerprint density at radius 1 is 0.762 bits per heavy atom. The first-order valence-corrected chi connectivity index (χ1v) is 7.92. The Labute approximate surface area is 125 Å². The van der Waals surface area contributed by atoms with Crippen molar-refractivity contribution < 1.29 is 5.11 Å². The smallest absolute Gasteiger partial charge is 0.0608 e. The van der Waals surface area contributed by atoms with Crippen molar-refractivity contribution in [1.82, 2.24) is 0 Å². The third-order valence-electron chi connectivity index (χ3n) is 4.93. The van der Waals surface area contributed by atoms with E-state index in [0.717, 1.165) is 19.3 Å². The fourth-order valence-corrected chi connectivity index (χ4v) is 3.75. The molecule has 4 rings (SSSR count). The monoisotopic (exact) mass is 276 g/mol. The summed E-state index contributed by atoms with van der Waals surface area (Å²) in [6, 6.07) is 19.6. The summed E-state index contributed by atoms with van der Waals surface area (Å²) in [5.41, 5.74) is 1.30. The molecular weight excluding hydrogens is 256 g/mol. The summed E-state index contributed by atoms with van der Waals surface area (Å²) < 4.78 is 0. The van der Waals surface area contributed by atoms with E-state index in [1.165, 1.54) is 33.5 Å². The Balaban J connectivity index is 1.90. The van der Waals surface area contributed by atoms with E-state index < -0.39 is 0 Å². The van der Waals surface area contributed by atoms with Gasteiger partial charge in [-0.2, -0.15) is 0 Å². The third-order valence-corrected chi connectivity index (χ3v) is 4.93. The van der Waals surface area contributed by atoms with Gasteiger partial charge >= 0.3 is 0 Å². The predicted octanol–water partition coefficient (Wildman–Crippen LogP) is 5.01. The van der Waals surface area contributed by atoms with Crippen LogP contribution in [0.15, 0.2) is 54.6 Å². The molecule has 0 aromatic heterocycles. The first kappa shape index (κ1) is 12.8. The maximum atomic E-state index is 10.3. The number of rotatable bonds is 1. The molecule has 1 aliphatic rings. The van der Waals surface area contributed by atoms with E-state index in [4.69, 9.17) is 0 Å². The maximum Gasteiger partial charge on any atom is 0.0608 e. The minimum Gasteiger partial charge on any atom is -0.392 e. The average Bonchev–Trinajstić information content (AvgIpc) is 2.55. The summed E-state index contributed by atoms with van der Waals surface area (Å²) in [6.07, 6.45) is 4.27. The van der Waals surface area contributed by atoms with Crippen molar-refractivity contribution in [3.63, 3.8) is 0 Å². The zero-order valence-corrected chi connectivity index (χ0v) is 12.1. The molecule has 1 heteroatoms. The molecule has 0 amide bonds. The van der Waals surface area contributed by atoms with E-state index in [0.29, 0.717) is 5.92 Å². The molecule has 2 unspecified atom stereocenters. The summed E-state index contributed by atoms with van der Waals surface area (Å²) in [4.78, 5) is 0. The zero-order valence-electron chi connectivity index (χ0n) is 12.1. The highest BCUT2D eigenvalue weighted by Crippen LogP contribution is 2.35. The minimum absolute atomic E-state index is 0.175. The number of benzene rings is 3. The number of aliphatic hydroxyl groups excluding tert-OH is 1. The Morgan fingerprint density at radius 2 is 1.48 bits per heavy atom. The molecule has 0 spiro atoms. The molecule has 1 nitrogen and oxygen atoms in total. The number of aliphatic hydroxyl groups is 1. The second-order valence-electron chi connectivity index (χ2n) is 6.23. The molecule has 1 fully saturated rings. The Morgan fingerprint density at radius 3 is 2.33 bits per heavy atom. The average molecular weight is 276 g/mol. The van der Waals surface area contributed by atoms with Crippen LogP contribution in [0.4, 0.5) is 0 Å². The first-order valence-electron chi connectivity index (χ1n) is 7.92. The topological polar surface area (TPSA) is 20.2 Å². The van der Waals surface area contributed by atoms with Crippen LogP contribution in [0, 0.1) is 0 Å². The van der Waals surface area contributed by atoms with Gasteiger partial charge in [-0.25, -0.2) is 0 Å². The fraction of sp³-hybridized carbons (Fsp3) is 0.300. The number of fused-ring (bicyclic) bond motifs is 3. The number of hydrogen-bond donors (Lipinski definition) is 1. The largest absolute Gasteiger partial charge is 0.392 e. The van der Waals surface area contributed by atoms with Crippen LogP contribution in [0.1, 0.15) is 37.2 Å². The molecule has 0 heterocycles. The summed E-state index contributed by atoms with van der Waals surface area (Å²) >= 11 is 0. The van der Waals surface area contributed by atoms with Gasteiger partial charge in [-0.3, -0.25) is 0 Å². The molecule has 3 aromatic rings. The highest BCUT2D eigenvalue weighted by Gasteiger charge is 2.24. The third kappa shape index (κ3) is 2.22. The molecular formula is C20H20O. The van der Waals surface area contributed by atoms with Crippen molar-refractivity contribution >= 4 is 21.5 Å². The molecule has 1 saturated carbocycles. The lowest BCUT2D eigenvalue weighted by Gasteiger charge is -2.28.